The number of fused-ring (bicyclic) bond motifs is 1. The average Bonchev–Trinajstić information content (AvgIpc) is 2.59. The van der Waals surface area contributed by atoms with Gasteiger partial charge in [0.2, 0.25) is 5.91 Å². The van der Waals surface area contributed by atoms with Gasteiger partial charge in [-0.15, -0.1) is 0 Å². The molecule has 128 valence electrons. The van der Waals surface area contributed by atoms with Crippen LogP contribution in [0, 0.1) is 12.8 Å². The molecule has 1 amide bonds. The normalized spacial score (nSPS) is 11.1. The minimum Gasteiger partial charge on any atom is -0.330 e. The summed E-state index contributed by atoms with van der Waals surface area (Å²) in [5.41, 5.74) is 3.12. The molecule has 25 heavy (non-hydrogen) atoms. The second-order valence-corrected chi connectivity index (χ2v) is 6.64. The fraction of sp³-hybridized carbons (Fsp3) is 0.238. The van der Waals surface area contributed by atoms with E-state index < -0.39 is 0 Å². The standard InChI is InChI=1S/C21H22N2O2/c1-13(2)21(25)22-20-18(15-9-7-8-14(3)12-15)19(24)16-10-5-6-11-17(16)23(20)4/h5-13H,1-4H3,(H,22,25). The van der Waals surface area contributed by atoms with Crippen LogP contribution in [-0.2, 0) is 11.8 Å². The lowest BCUT2D eigenvalue weighted by Gasteiger charge is -2.19. The first kappa shape index (κ1) is 17.0. The molecule has 0 atom stereocenters. The van der Waals surface area contributed by atoms with Crippen molar-refractivity contribution in [3.8, 4) is 11.1 Å². The fourth-order valence-electron chi connectivity index (χ4n) is 2.96. The number of hydrogen-bond acceptors (Lipinski definition) is 2. The molecular weight excluding hydrogens is 312 g/mol. The molecular formula is C21H22N2O2. The predicted molar refractivity (Wildman–Crippen MR) is 103 cm³/mol. The summed E-state index contributed by atoms with van der Waals surface area (Å²) in [5, 5.41) is 3.60. The Bertz CT molecular complexity index is 1020. The molecule has 0 aliphatic heterocycles. The maximum absolute atomic E-state index is 13.2. The number of anilines is 1. The molecule has 1 N–H and O–H groups in total. The molecule has 0 bridgehead atoms. The van der Waals surface area contributed by atoms with Crippen LogP contribution in [0.15, 0.2) is 53.3 Å². The molecule has 3 aromatic rings. The maximum Gasteiger partial charge on any atom is 0.228 e. The van der Waals surface area contributed by atoms with E-state index in [4.69, 9.17) is 0 Å². The van der Waals surface area contributed by atoms with Gasteiger partial charge in [0.1, 0.15) is 5.82 Å². The average molecular weight is 334 g/mol. The molecule has 4 heteroatoms. The van der Waals surface area contributed by atoms with Gasteiger partial charge in [-0.1, -0.05) is 55.8 Å². The number of benzene rings is 2. The number of para-hydroxylation sites is 1. The first-order chi connectivity index (χ1) is 11.9. The van der Waals surface area contributed by atoms with Crippen LogP contribution in [0.5, 0.6) is 0 Å². The van der Waals surface area contributed by atoms with Gasteiger partial charge in [-0.2, -0.15) is 0 Å². The molecule has 0 radical (unpaired) electrons. The molecule has 0 fully saturated rings. The van der Waals surface area contributed by atoms with Gasteiger partial charge >= 0.3 is 0 Å². The van der Waals surface area contributed by atoms with Gasteiger partial charge in [0.15, 0.2) is 5.43 Å². The predicted octanol–water partition coefficient (Wildman–Crippen LogP) is 4.11. The van der Waals surface area contributed by atoms with Crippen molar-refractivity contribution in [3.05, 3.63) is 64.3 Å². The van der Waals surface area contributed by atoms with Crippen molar-refractivity contribution in [1.29, 1.82) is 0 Å². The van der Waals surface area contributed by atoms with Crippen LogP contribution < -0.4 is 10.7 Å². The third kappa shape index (κ3) is 3.07. The van der Waals surface area contributed by atoms with E-state index in [9.17, 15) is 9.59 Å². The van der Waals surface area contributed by atoms with E-state index in [1.807, 2.05) is 80.9 Å². The minimum atomic E-state index is -0.174. The molecule has 0 unspecified atom stereocenters. The van der Waals surface area contributed by atoms with E-state index in [0.717, 1.165) is 16.6 Å². The van der Waals surface area contributed by atoms with E-state index in [1.54, 1.807) is 0 Å². The van der Waals surface area contributed by atoms with Gasteiger partial charge in [-0.3, -0.25) is 9.59 Å². The summed E-state index contributed by atoms with van der Waals surface area (Å²) in [5.74, 6) is 0.249. The van der Waals surface area contributed by atoms with Crippen LogP contribution in [-0.4, -0.2) is 10.5 Å². The highest BCUT2D eigenvalue weighted by atomic mass is 16.2. The lowest BCUT2D eigenvalue weighted by atomic mass is 10.0. The van der Waals surface area contributed by atoms with Crippen LogP contribution in [0.1, 0.15) is 19.4 Å². The van der Waals surface area contributed by atoms with Crippen molar-refractivity contribution >= 4 is 22.6 Å². The summed E-state index contributed by atoms with van der Waals surface area (Å²) in [7, 11) is 1.87. The highest BCUT2D eigenvalue weighted by Gasteiger charge is 2.19. The number of amides is 1. The smallest absolute Gasteiger partial charge is 0.228 e. The summed E-state index contributed by atoms with van der Waals surface area (Å²) in [6.45, 7) is 5.66. The van der Waals surface area contributed by atoms with Gasteiger partial charge < -0.3 is 9.88 Å². The topological polar surface area (TPSA) is 51.1 Å². The number of nitrogens with one attached hydrogen (secondary N) is 1. The third-order valence-corrected chi connectivity index (χ3v) is 4.38. The van der Waals surface area contributed by atoms with Crippen LogP contribution in [0.25, 0.3) is 22.0 Å². The zero-order chi connectivity index (χ0) is 18.1. The summed E-state index contributed by atoms with van der Waals surface area (Å²) < 4.78 is 1.88. The molecule has 0 aliphatic rings. The first-order valence-corrected chi connectivity index (χ1v) is 8.39. The largest absolute Gasteiger partial charge is 0.330 e. The number of aryl methyl sites for hydroxylation is 2. The van der Waals surface area contributed by atoms with Gasteiger partial charge in [-0.25, -0.2) is 0 Å². The van der Waals surface area contributed by atoms with Crippen LogP contribution in [0.3, 0.4) is 0 Å². The van der Waals surface area contributed by atoms with E-state index in [-0.39, 0.29) is 17.3 Å². The van der Waals surface area contributed by atoms with Crippen LogP contribution in [0.4, 0.5) is 5.82 Å². The van der Waals surface area contributed by atoms with Gasteiger partial charge in [0, 0.05) is 18.4 Å². The number of carbonyl (C=O) groups excluding carboxylic acids is 1. The number of pyridine rings is 1. The Morgan fingerprint density at radius 3 is 2.48 bits per heavy atom. The van der Waals surface area contributed by atoms with E-state index in [0.29, 0.717) is 16.8 Å². The number of rotatable bonds is 3. The minimum absolute atomic E-state index is 0.0710. The third-order valence-electron chi connectivity index (χ3n) is 4.38. The lowest BCUT2D eigenvalue weighted by Crippen LogP contribution is -2.24. The second kappa shape index (κ2) is 6.55. The van der Waals surface area contributed by atoms with Gasteiger partial charge in [-0.05, 0) is 24.6 Å². The summed E-state index contributed by atoms with van der Waals surface area (Å²) in [6.07, 6.45) is 0. The van der Waals surface area contributed by atoms with E-state index in [1.165, 1.54) is 0 Å². The summed E-state index contributed by atoms with van der Waals surface area (Å²) in [6, 6.07) is 15.2. The Labute approximate surface area is 147 Å². The van der Waals surface area contributed by atoms with Crippen molar-refractivity contribution in [1.82, 2.24) is 4.57 Å². The van der Waals surface area contributed by atoms with E-state index in [2.05, 4.69) is 5.32 Å². The molecule has 0 saturated carbocycles. The highest BCUT2D eigenvalue weighted by molar-refractivity contribution is 5.98. The Kier molecular flexibility index (Phi) is 4.45. The lowest BCUT2D eigenvalue weighted by molar-refractivity contribution is -0.118. The fourth-order valence-corrected chi connectivity index (χ4v) is 2.96. The Balaban J connectivity index is 2.38. The van der Waals surface area contributed by atoms with Crippen molar-refractivity contribution in [2.24, 2.45) is 13.0 Å². The molecule has 0 aliphatic carbocycles. The molecule has 0 saturated heterocycles. The number of aromatic nitrogens is 1. The first-order valence-electron chi connectivity index (χ1n) is 8.39. The molecule has 0 spiro atoms. The molecule has 3 rings (SSSR count). The molecule has 2 aromatic carbocycles. The van der Waals surface area contributed by atoms with E-state index >= 15 is 0 Å². The number of nitrogens with zero attached hydrogens (tertiary/aromatic N) is 1. The molecule has 1 heterocycles. The quantitative estimate of drug-likeness (QED) is 0.784. The van der Waals surface area contributed by atoms with Crippen molar-refractivity contribution < 1.29 is 4.79 Å². The monoisotopic (exact) mass is 334 g/mol. The van der Waals surface area contributed by atoms with Gasteiger partial charge in [0.05, 0.1) is 11.1 Å². The Morgan fingerprint density at radius 1 is 1.08 bits per heavy atom. The maximum atomic E-state index is 13.2. The number of hydrogen-bond donors (Lipinski definition) is 1. The SMILES string of the molecule is Cc1cccc(-c2c(NC(=O)C(C)C)n(C)c3ccccc3c2=O)c1. The summed E-state index contributed by atoms with van der Waals surface area (Å²) >= 11 is 0. The van der Waals surface area contributed by atoms with Crippen molar-refractivity contribution in [2.45, 2.75) is 20.8 Å². The zero-order valence-corrected chi connectivity index (χ0v) is 15.0. The van der Waals surface area contributed by atoms with Crippen molar-refractivity contribution in [3.63, 3.8) is 0 Å². The second-order valence-electron chi connectivity index (χ2n) is 6.64. The Morgan fingerprint density at radius 2 is 1.80 bits per heavy atom. The van der Waals surface area contributed by atoms with Gasteiger partial charge in [0.25, 0.3) is 0 Å². The zero-order valence-electron chi connectivity index (χ0n) is 15.0. The van der Waals surface area contributed by atoms with Crippen LogP contribution in [0.2, 0.25) is 0 Å². The Hall–Kier alpha value is -2.88. The van der Waals surface area contributed by atoms with Crippen molar-refractivity contribution in [2.75, 3.05) is 5.32 Å². The molecule has 1 aromatic heterocycles. The van der Waals surface area contributed by atoms with Crippen LogP contribution >= 0.6 is 0 Å². The number of carbonyl (C=O) groups is 1. The molecule has 4 nitrogen and oxygen atoms in total. The summed E-state index contributed by atoms with van der Waals surface area (Å²) in [4.78, 5) is 25.5. The highest BCUT2D eigenvalue weighted by Crippen LogP contribution is 2.29.